The molecule has 0 N–H and O–H groups in total. The van der Waals surface area contributed by atoms with E-state index in [4.69, 9.17) is 11.6 Å². The maximum atomic E-state index is 12.6. The van der Waals surface area contributed by atoms with Crippen molar-refractivity contribution >= 4 is 17.5 Å². The second kappa shape index (κ2) is 6.42. The van der Waals surface area contributed by atoms with E-state index in [9.17, 15) is 4.79 Å². The largest absolute Gasteiger partial charge is 0.336 e. The Bertz CT molecular complexity index is 438. The molecule has 0 heterocycles. The van der Waals surface area contributed by atoms with E-state index in [-0.39, 0.29) is 12.0 Å². The molecule has 1 amide bonds. The van der Waals surface area contributed by atoms with Crippen LogP contribution in [0.5, 0.6) is 0 Å². The summed E-state index contributed by atoms with van der Waals surface area (Å²) in [6.07, 6.45) is 4.49. The molecular weight excluding hydrogens is 258 g/mol. The number of rotatable bonds is 4. The molecule has 1 saturated carbocycles. The zero-order valence-electron chi connectivity index (χ0n) is 11.7. The number of nitrogens with zero attached hydrogens (tertiary/aromatic N) is 1. The summed E-state index contributed by atoms with van der Waals surface area (Å²) >= 11 is 6.01. The van der Waals surface area contributed by atoms with Gasteiger partial charge in [-0.3, -0.25) is 4.79 Å². The summed E-state index contributed by atoms with van der Waals surface area (Å²) in [5, 5.41) is 0.731. The Balaban J connectivity index is 2.09. The van der Waals surface area contributed by atoms with E-state index >= 15 is 0 Å². The number of hydrogen-bond acceptors (Lipinski definition) is 1. The molecule has 2 nitrogen and oxygen atoms in total. The fourth-order valence-corrected chi connectivity index (χ4v) is 2.97. The van der Waals surface area contributed by atoms with Crippen molar-refractivity contribution in [3.05, 3.63) is 34.9 Å². The molecule has 0 aliphatic heterocycles. The maximum Gasteiger partial charge on any atom is 0.226 e. The van der Waals surface area contributed by atoms with Gasteiger partial charge < -0.3 is 4.90 Å². The van der Waals surface area contributed by atoms with E-state index in [1.807, 2.05) is 29.2 Å². The van der Waals surface area contributed by atoms with Gasteiger partial charge in [0.15, 0.2) is 0 Å². The van der Waals surface area contributed by atoms with Crippen molar-refractivity contribution in [1.29, 1.82) is 0 Å². The minimum atomic E-state index is 0.229. The molecule has 1 aliphatic rings. The summed E-state index contributed by atoms with van der Waals surface area (Å²) in [6.45, 7) is 4.82. The van der Waals surface area contributed by atoms with E-state index in [1.165, 1.54) is 12.8 Å². The van der Waals surface area contributed by atoms with E-state index in [2.05, 4.69) is 13.8 Å². The molecule has 0 atom stereocenters. The van der Waals surface area contributed by atoms with Crippen molar-refractivity contribution in [3.8, 4) is 0 Å². The molecule has 0 radical (unpaired) electrons. The smallest absolute Gasteiger partial charge is 0.226 e. The minimum absolute atomic E-state index is 0.229. The molecule has 0 unspecified atom stereocenters. The molecule has 1 aromatic rings. The SMILES string of the molecule is CC(C)N(Cc1cccc(Cl)c1)C(=O)C1CCCC1. The molecule has 0 aromatic heterocycles. The minimum Gasteiger partial charge on any atom is -0.336 e. The van der Waals surface area contributed by atoms with Crippen LogP contribution in [0.4, 0.5) is 0 Å². The first kappa shape index (κ1) is 14.4. The highest BCUT2D eigenvalue weighted by Crippen LogP contribution is 2.28. The molecular formula is C16H22ClNO. The lowest BCUT2D eigenvalue weighted by Gasteiger charge is -2.29. The normalized spacial score (nSPS) is 16.0. The second-order valence-corrected chi connectivity index (χ2v) is 6.11. The molecule has 0 saturated heterocycles. The topological polar surface area (TPSA) is 20.3 Å². The monoisotopic (exact) mass is 279 g/mol. The first-order valence-electron chi connectivity index (χ1n) is 7.13. The number of halogens is 1. The van der Waals surface area contributed by atoms with Gasteiger partial charge in [0.05, 0.1) is 0 Å². The van der Waals surface area contributed by atoms with Crippen LogP contribution in [0.1, 0.15) is 45.1 Å². The molecule has 1 aliphatic carbocycles. The number of carbonyl (C=O) groups excluding carboxylic acids is 1. The van der Waals surface area contributed by atoms with Gasteiger partial charge in [-0.25, -0.2) is 0 Å². The molecule has 0 spiro atoms. The highest BCUT2D eigenvalue weighted by atomic mass is 35.5. The first-order chi connectivity index (χ1) is 9.08. The second-order valence-electron chi connectivity index (χ2n) is 5.67. The van der Waals surface area contributed by atoms with Crippen LogP contribution < -0.4 is 0 Å². The van der Waals surface area contributed by atoms with Crippen LogP contribution >= 0.6 is 11.6 Å². The molecule has 104 valence electrons. The Labute approximate surface area is 120 Å². The van der Waals surface area contributed by atoms with Gasteiger partial charge in [0.25, 0.3) is 0 Å². The molecule has 1 fully saturated rings. The Morgan fingerprint density at radius 3 is 2.63 bits per heavy atom. The Hall–Kier alpha value is -1.02. The van der Waals surface area contributed by atoms with Gasteiger partial charge in [-0.1, -0.05) is 36.6 Å². The average molecular weight is 280 g/mol. The van der Waals surface area contributed by atoms with E-state index in [0.29, 0.717) is 12.5 Å². The molecule has 2 rings (SSSR count). The molecule has 1 aromatic carbocycles. The Morgan fingerprint density at radius 2 is 2.05 bits per heavy atom. The number of amides is 1. The zero-order chi connectivity index (χ0) is 13.8. The molecule has 3 heteroatoms. The van der Waals surface area contributed by atoms with Crippen molar-refractivity contribution < 1.29 is 4.79 Å². The highest BCUT2D eigenvalue weighted by molar-refractivity contribution is 6.30. The Morgan fingerprint density at radius 1 is 1.37 bits per heavy atom. The summed E-state index contributed by atoms with van der Waals surface area (Å²) in [7, 11) is 0. The third-order valence-electron chi connectivity index (χ3n) is 3.85. The van der Waals surface area contributed by atoms with Gasteiger partial charge in [-0.05, 0) is 44.4 Å². The van der Waals surface area contributed by atoms with Crippen LogP contribution in [-0.4, -0.2) is 16.8 Å². The standard InChI is InChI=1S/C16H22ClNO/c1-12(2)18(16(19)14-7-3-4-8-14)11-13-6-5-9-15(17)10-13/h5-6,9-10,12,14H,3-4,7-8,11H2,1-2H3. The molecule has 19 heavy (non-hydrogen) atoms. The third kappa shape index (κ3) is 3.73. The predicted molar refractivity (Wildman–Crippen MR) is 79.1 cm³/mol. The van der Waals surface area contributed by atoms with E-state index < -0.39 is 0 Å². The van der Waals surface area contributed by atoms with Gasteiger partial charge in [0.2, 0.25) is 5.91 Å². The fraction of sp³-hybridized carbons (Fsp3) is 0.562. The van der Waals surface area contributed by atoms with Crippen molar-refractivity contribution in [1.82, 2.24) is 4.90 Å². The van der Waals surface area contributed by atoms with Crippen molar-refractivity contribution in [2.24, 2.45) is 5.92 Å². The summed E-state index contributed by atoms with van der Waals surface area (Å²) in [4.78, 5) is 14.6. The van der Waals surface area contributed by atoms with E-state index in [1.54, 1.807) is 0 Å². The van der Waals surface area contributed by atoms with Gasteiger partial charge in [0.1, 0.15) is 0 Å². The van der Waals surface area contributed by atoms with Crippen LogP contribution in [0.15, 0.2) is 24.3 Å². The van der Waals surface area contributed by atoms with Crippen LogP contribution in [0.25, 0.3) is 0 Å². The van der Waals surface area contributed by atoms with Crippen LogP contribution in [0.2, 0.25) is 5.02 Å². The summed E-state index contributed by atoms with van der Waals surface area (Å²) in [5.74, 6) is 0.550. The van der Waals surface area contributed by atoms with Gasteiger partial charge in [0, 0.05) is 23.5 Å². The maximum absolute atomic E-state index is 12.6. The van der Waals surface area contributed by atoms with Crippen LogP contribution in [0.3, 0.4) is 0 Å². The van der Waals surface area contributed by atoms with Gasteiger partial charge in [-0.15, -0.1) is 0 Å². The summed E-state index contributed by atoms with van der Waals surface area (Å²) in [5.41, 5.74) is 1.10. The lowest BCUT2D eigenvalue weighted by molar-refractivity contribution is -0.137. The highest BCUT2D eigenvalue weighted by Gasteiger charge is 2.28. The third-order valence-corrected chi connectivity index (χ3v) is 4.09. The van der Waals surface area contributed by atoms with Crippen molar-refractivity contribution in [3.63, 3.8) is 0 Å². The number of carbonyl (C=O) groups is 1. The van der Waals surface area contributed by atoms with Crippen molar-refractivity contribution in [2.45, 2.75) is 52.1 Å². The van der Waals surface area contributed by atoms with Crippen molar-refractivity contribution in [2.75, 3.05) is 0 Å². The zero-order valence-corrected chi connectivity index (χ0v) is 12.5. The fourth-order valence-electron chi connectivity index (χ4n) is 2.75. The summed E-state index contributed by atoms with van der Waals surface area (Å²) < 4.78 is 0. The number of benzene rings is 1. The lowest BCUT2D eigenvalue weighted by Crippen LogP contribution is -2.39. The predicted octanol–water partition coefficient (Wildman–Crippen LogP) is 4.27. The number of hydrogen-bond donors (Lipinski definition) is 0. The first-order valence-corrected chi connectivity index (χ1v) is 7.50. The average Bonchev–Trinajstić information content (AvgIpc) is 2.88. The van der Waals surface area contributed by atoms with E-state index in [0.717, 1.165) is 23.4 Å². The van der Waals surface area contributed by atoms with Crippen LogP contribution in [-0.2, 0) is 11.3 Å². The van der Waals surface area contributed by atoms with Gasteiger partial charge >= 0.3 is 0 Å². The summed E-state index contributed by atoms with van der Waals surface area (Å²) in [6, 6.07) is 8.01. The van der Waals surface area contributed by atoms with Crippen LogP contribution in [0, 0.1) is 5.92 Å². The lowest BCUT2D eigenvalue weighted by atomic mass is 10.0. The Kier molecular flexibility index (Phi) is 4.87. The molecule has 0 bridgehead atoms. The quantitative estimate of drug-likeness (QED) is 0.806. The van der Waals surface area contributed by atoms with Gasteiger partial charge in [-0.2, -0.15) is 0 Å².